The van der Waals surface area contributed by atoms with Gasteiger partial charge < -0.3 is 14.8 Å². The molecule has 0 radical (unpaired) electrons. The molecular weight excluding hydrogens is 495 g/mol. The maximum atomic E-state index is 12.5. The minimum atomic E-state index is -3.61. The van der Waals surface area contributed by atoms with E-state index in [4.69, 9.17) is 9.47 Å². The lowest BCUT2D eigenvalue weighted by Gasteiger charge is -2.23. The number of amides is 1. The first-order chi connectivity index (χ1) is 13.2. The second kappa shape index (κ2) is 9.46. The topological polar surface area (TPSA) is 84.9 Å². The molecule has 1 amide bonds. The summed E-state index contributed by atoms with van der Waals surface area (Å²) in [6.45, 7) is 1.51. The van der Waals surface area contributed by atoms with Crippen molar-refractivity contribution < 1.29 is 22.7 Å². The van der Waals surface area contributed by atoms with Crippen LogP contribution in [0, 0.1) is 3.57 Å². The minimum Gasteiger partial charge on any atom is -0.493 e. The summed E-state index contributed by atoms with van der Waals surface area (Å²) in [6, 6.07) is 11.9. The third kappa shape index (κ3) is 5.74. The van der Waals surface area contributed by atoms with Crippen LogP contribution in [0.5, 0.6) is 11.5 Å². The van der Waals surface area contributed by atoms with Gasteiger partial charge in [0.1, 0.15) is 6.54 Å². The number of sulfonamides is 1. The molecule has 0 spiro atoms. The normalized spacial score (nSPS) is 12.2. The van der Waals surface area contributed by atoms with E-state index in [9.17, 15) is 13.2 Å². The highest BCUT2D eigenvalue weighted by atomic mass is 127. The molecule has 0 unspecified atom stereocenters. The molecule has 9 heteroatoms. The van der Waals surface area contributed by atoms with Crippen LogP contribution in [0.2, 0.25) is 0 Å². The molecule has 0 saturated heterocycles. The number of rotatable bonds is 8. The molecule has 1 atom stereocenters. The van der Waals surface area contributed by atoms with Crippen LogP contribution >= 0.6 is 22.6 Å². The van der Waals surface area contributed by atoms with E-state index in [1.54, 1.807) is 43.5 Å². The highest BCUT2D eigenvalue weighted by Gasteiger charge is 2.22. The zero-order valence-corrected chi connectivity index (χ0v) is 19.1. The number of carbonyl (C=O) groups is 1. The molecule has 28 heavy (non-hydrogen) atoms. The van der Waals surface area contributed by atoms with Gasteiger partial charge in [0, 0.05) is 3.57 Å². The standard InChI is InChI=1S/C19H23IN2O5S/c1-13(14-5-10-17(26-2)18(11-14)27-3)21-19(23)12-22(28(4,24)25)16-8-6-15(20)7-9-16/h5-11,13H,12H2,1-4H3,(H,21,23)/t13-/m0/s1. The first-order valence-electron chi connectivity index (χ1n) is 8.40. The number of carbonyl (C=O) groups excluding carboxylic acids is 1. The second-order valence-corrected chi connectivity index (χ2v) is 9.30. The van der Waals surface area contributed by atoms with Gasteiger partial charge in [-0.1, -0.05) is 6.07 Å². The monoisotopic (exact) mass is 518 g/mol. The fraction of sp³-hybridized carbons (Fsp3) is 0.316. The Morgan fingerprint density at radius 2 is 1.71 bits per heavy atom. The van der Waals surface area contributed by atoms with Crippen LogP contribution in [0.1, 0.15) is 18.5 Å². The largest absolute Gasteiger partial charge is 0.493 e. The number of methoxy groups -OCH3 is 2. The van der Waals surface area contributed by atoms with Crippen molar-refractivity contribution in [3.63, 3.8) is 0 Å². The van der Waals surface area contributed by atoms with Crippen LogP contribution in [0.25, 0.3) is 0 Å². The predicted molar refractivity (Wildman–Crippen MR) is 117 cm³/mol. The smallest absolute Gasteiger partial charge is 0.241 e. The fourth-order valence-corrected chi connectivity index (χ4v) is 3.85. The molecule has 1 N–H and O–H groups in total. The average molecular weight is 518 g/mol. The summed E-state index contributed by atoms with van der Waals surface area (Å²) in [5.74, 6) is 0.732. The number of nitrogens with zero attached hydrogens (tertiary/aromatic N) is 1. The van der Waals surface area contributed by atoms with Crippen molar-refractivity contribution in [1.82, 2.24) is 5.32 Å². The van der Waals surface area contributed by atoms with Crippen LogP contribution in [0.3, 0.4) is 0 Å². The zero-order valence-electron chi connectivity index (χ0n) is 16.1. The third-order valence-corrected chi connectivity index (χ3v) is 5.95. The summed E-state index contributed by atoms with van der Waals surface area (Å²) in [6.07, 6.45) is 1.08. The van der Waals surface area contributed by atoms with Gasteiger partial charge >= 0.3 is 0 Å². The van der Waals surface area contributed by atoms with Gasteiger partial charge in [-0.25, -0.2) is 8.42 Å². The van der Waals surface area contributed by atoms with Crippen molar-refractivity contribution in [3.8, 4) is 11.5 Å². The first-order valence-corrected chi connectivity index (χ1v) is 11.3. The Morgan fingerprint density at radius 1 is 1.11 bits per heavy atom. The van der Waals surface area contributed by atoms with Crippen molar-refractivity contribution in [2.24, 2.45) is 0 Å². The lowest BCUT2D eigenvalue weighted by molar-refractivity contribution is -0.120. The molecule has 2 rings (SSSR count). The van der Waals surface area contributed by atoms with Crippen molar-refractivity contribution in [3.05, 3.63) is 51.6 Å². The van der Waals surface area contributed by atoms with Crippen LogP contribution in [-0.2, 0) is 14.8 Å². The number of nitrogens with one attached hydrogen (secondary N) is 1. The van der Waals surface area contributed by atoms with E-state index in [1.165, 1.54) is 7.11 Å². The molecule has 7 nitrogen and oxygen atoms in total. The minimum absolute atomic E-state index is 0.308. The highest BCUT2D eigenvalue weighted by Crippen LogP contribution is 2.30. The van der Waals surface area contributed by atoms with Crippen molar-refractivity contribution in [2.75, 3.05) is 31.3 Å². The molecule has 0 bridgehead atoms. The summed E-state index contributed by atoms with van der Waals surface area (Å²) < 4.78 is 36.9. The SMILES string of the molecule is COc1ccc([C@H](C)NC(=O)CN(c2ccc(I)cc2)S(C)(=O)=O)cc1OC. The van der Waals surface area contributed by atoms with Gasteiger partial charge in [-0.05, 0) is 71.5 Å². The summed E-state index contributed by atoms with van der Waals surface area (Å²) in [4.78, 5) is 12.5. The highest BCUT2D eigenvalue weighted by molar-refractivity contribution is 14.1. The molecule has 0 aliphatic rings. The quantitative estimate of drug-likeness (QED) is 0.544. The molecule has 0 saturated carbocycles. The van der Waals surface area contributed by atoms with Crippen molar-refractivity contribution >= 4 is 44.2 Å². The van der Waals surface area contributed by atoms with Gasteiger partial charge in [-0.15, -0.1) is 0 Å². The molecule has 0 heterocycles. The fourth-order valence-electron chi connectivity index (χ4n) is 2.63. The van der Waals surface area contributed by atoms with E-state index in [1.807, 2.05) is 13.0 Å². The van der Waals surface area contributed by atoms with Gasteiger partial charge in [0.2, 0.25) is 15.9 Å². The molecule has 0 aliphatic carbocycles. The Bertz CT molecular complexity index is 932. The van der Waals surface area contributed by atoms with Gasteiger partial charge in [-0.3, -0.25) is 9.10 Å². The molecular formula is C19H23IN2O5S. The predicted octanol–water partition coefficient (Wildman–Crippen LogP) is 2.95. The van der Waals surface area contributed by atoms with Crippen LogP contribution in [0.15, 0.2) is 42.5 Å². The molecule has 2 aromatic carbocycles. The number of halogens is 1. The van der Waals surface area contributed by atoms with E-state index >= 15 is 0 Å². The molecule has 2 aromatic rings. The summed E-state index contributed by atoms with van der Waals surface area (Å²) in [5.41, 5.74) is 1.25. The molecule has 0 fully saturated rings. The van der Waals surface area contributed by atoms with Crippen LogP contribution in [0.4, 0.5) is 5.69 Å². The van der Waals surface area contributed by atoms with Crippen molar-refractivity contribution in [2.45, 2.75) is 13.0 Å². The summed E-state index contributed by atoms with van der Waals surface area (Å²) >= 11 is 2.13. The van der Waals surface area contributed by atoms with Gasteiger partial charge in [-0.2, -0.15) is 0 Å². The molecule has 152 valence electrons. The Hall–Kier alpha value is -2.01. The first kappa shape index (κ1) is 22.3. The Kier molecular flexibility index (Phi) is 7.53. The Labute approximate surface area is 179 Å². The number of hydrogen-bond donors (Lipinski definition) is 1. The lowest BCUT2D eigenvalue weighted by atomic mass is 10.1. The summed E-state index contributed by atoms with van der Waals surface area (Å²) in [5, 5.41) is 2.83. The van der Waals surface area contributed by atoms with E-state index < -0.39 is 15.9 Å². The second-order valence-electron chi connectivity index (χ2n) is 6.15. The summed E-state index contributed by atoms with van der Waals surface area (Å²) in [7, 11) is -0.526. The zero-order chi connectivity index (χ0) is 20.9. The maximum Gasteiger partial charge on any atom is 0.241 e. The Morgan fingerprint density at radius 3 is 2.25 bits per heavy atom. The van der Waals surface area contributed by atoms with Crippen LogP contribution < -0.4 is 19.1 Å². The van der Waals surface area contributed by atoms with E-state index in [-0.39, 0.29) is 12.6 Å². The van der Waals surface area contributed by atoms with Gasteiger partial charge in [0.25, 0.3) is 0 Å². The van der Waals surface area contributed by atoms with Gasteiger partial charge in [0.15, 0.2) is 11.5 Å². The van der Waals surface area contributed by atoms with E-state index in [0.717, 1.165) is 19.7 Å². The van der Waals surface area contributed by atoms with Gasteiger partial charge in [0.05, 0.1) is 32.2 Å². The number of ether oxygens (including phenoxy) is 2. The molecule has 0 aliphatic heterocycles. The maximum absolute atomic E-state index is 12.5. The number of benzene rings is 2. The van der Waals surface area contributed by atoms with E-state index in [2.05, 4.69) is 27.9 Å². The third-order valence-electron chi connectivity index (χ3n) is 4.09. The molecule has 0 aromatic heterocycles. The Balaban J connectivity index is 2.15. The number of hydrogen-bond acceptors (Lipinski definition) is 5. The number of anilines is 1. The van der Waals surface area contributed by atoms with Crippen molar-refractivity contribution in [1.29, 1.82) is 0 Å². The van der Waals surface area contributed by atoms with Crippen LogP contribution in [-0.4, -0.2) is 41.3 Å². The average Bonchev–Trinajstić information content (AvgIpc) is 2.65. The lowest BCUT2D eigenvalue weighted by Crippen LogP contribution is -2.41. The van der Waals surface area contributed by atoms with E-state index in [0.29, 0.717) is 17.2 Å².